The number of hydrogen-bond donors (Lipinski definition) is 0. The largest absolute Gasteiger partial charge is 0.312 e. The van der Waals surface area contributed by atoms with Gasteiger partial charge in [0, 0.05) is 30.0 Å². The summed E-state index contributed by atoms with van der Waals surface area (Å²) in [5, 5.41) is 13.5. The highest BCUT2D eigenvalue weighted by Crippen LogP contribution is 2.32. The van der Waals surface area contributed by atoms with E-state index in [0.717, 1.165) is 42.0 Å². The molecule has 6 nitrogen and oxygen atoms in total. The van der Waals surface area contributed by atoms with E-state index < -0.39 is 0 Å². The normalized spacial score (nSPS) is 13.4. The van der Waals surface area contributed by atoms with Crippen molar-refractivity contribution in [3.05, 3.63) is 57.5 Å². The van der Waals surface area contributed by atoms with Crippen LogP contribution in [-0.2, 0) is 17.6 Å². The Hall–Kier alpha value is -3.20. The fourth-order valence-corrected chi connectivity index (χ4v) is 4.45. The molecule has 0 radical (unpaired) electrons. The average molecular weight is 387 g/mol. The van der Waals surface area contributed by atoms with Crippen molar-refractivity contribution < 1.29 is 4.79 Å². The Morgan fingerprint density at radius 1 is 1.24 bits per heavy atom. The Morgan fingerprint density at radius 2 is 2.03 bits per heavy atom. The van der Waals surface area contributed by atoms with Crippen LogP contribution in [0.15, 0.2) is 18.3 Å². The molecule has 148 valence electrons. The molecule has 0 N–H and O–H groups in total. The Morgan fingerprint density at radius 3 is 2.79 bits per heavy atom. The maximum absolute atomic E-state index is 13.1. The van der Waals surface area contributed by atoms with Crippen LogP contribution in [0.25, 0.3) is 5.65 Å². The van der Waals surface area contributed by atoms with E-state index in [1.807, 2.05) is 18.7 Å². The summed E-state index contributed by atoms with van der Waals surface area (Å²) < 4.78 is 1.70. The van der Waals surface area contributed by atoms with E-state index in [0.29, 0.717) is 24.1 Å². The van der Waals surface area contributed by atoms with Gasteiger partial charge in [0.05, 0.1) is 6.20 Å². The number of nitrogens with zero attached hydrogens (tertiary/aromatic N) is 5. The van der Waals surface area contributed by atoms with E-state index in [9.17, 15) is 10.1 Å². The van der Waals surface area contributed by atoms with Gasteiger partial charge in [0.1, 0.15) is 11.6 Å². The highest BCUT2D eigenvalue weighted by molar-refractivity contribution is 5.95. The lowest BCUT2D eigenvalue weighted by Gasteiger charge is -2.31. The molecule has 0 aliphatic carbocycles. The minimum atomic E-state index is 0.146. The van der Waals surface area contributed by atoms with Gasteiger partial charge in [-0.2, -0.15) is 10.4 Å². The number of aryl methyl sites for hydroxylation is 4. The molecule has 0 spiro atoms. The lowest BCUT2D eigenvalue weighted by molar-refractivity contribution is -0.118. The lowest BCUT2D eigenvalue weighted by Crippen LogP contribution is -2.36. The van der Waals surface area contributed by atoms with E-state index in [2.05, 4.69) is 42.1 Å². The van der Waals surface area contributed by atoms with Crippen molar-refractivity contribution >= 4 is 17.2 Å². The standard InChI is InChI=1S/C23H25N5O/c1-14-10-15(2)19-6-5-9-27(21(19)11-14)22(29)8-7-20-16(3)26-23-18(12-24)13-25-28(23)17(20)4/h10-11,13H,5-9H2,1-4H3. The molecule has 3 heterocycles. The SMILES string of the molecule is Cc1cc(C)c2c(c1)N(C(=O)CCc1c(C)nc3c(C#N)cnn3c1C)CCC2. The fourth-order valence-electron chi connectivity index (χ4n) is 4.45. The first-order valence-corrected chi connectivity index (χ1v) is 10.0. The topological polar surface area (TPSA) is 74.3 Å². The minimum Gasteiger partial charge on any atom is -0.312 e. The molecule has 1 aliphatic heterocycles. The third-order valence-corrected chi connectivity index (χ3v) is 5.91. The van der Waals surface area contributed by atoms with Crippen molar-refractivity contribution in [2.75, 3.05) is 11.4 Å². The van der Waals surface area contributed by atoms with Crippen molar-refractivity contribution in [2.24, 2.45) is 0 Å². The predicted octanol–water partition coefficient (Wildman–Crippen LogP) is 3.75. The van der Waals surface area contributed by atoms with Crippen molar-refractivity contribution in [3.63, 3.8) is 0 Å². The molecule has 0 atom stereocenters. The molecule has 1 aliphatic rings. The Balaban J connectivity index is 1.60. The molecule has 0 unspecified atom stereocenters. The molecule has 0 saturated carbocycles. The molecule has 0 saturated heterocycles. The number of hydrogen-bond acceptors (Lipinski definition) is 4. The molecule has 6 heteroatoms. The molecular weight excluding hydrogens is 362 g/mol. The number of amides is 1. The molecule has 4 rings (SSSR count). The van der Waals surface area contributed by atoms with Gasteiger partial charge >= 0.3 is 0 Å². The van der Waals surface area contributed by atoms with Crippen molar-refractivity contribution in [3.8, 4) is 6.07 Å². The van der Waals surface area contributed by atoms with Gasteiger partial charge in [-0.3, -0.25) is 4.79 Å². The number of aromatic nitrogens is 3. The van der Waals surface area contributed by atoms with Crippen LogP contribution >= 0.6 is 0 Å². The van der Waals surface area contributed by atoms with E-state index in [1.165, 1.54) is 16.7 Å². The van der Waals surface area contributed by atoms with Crippen LogP contribution < -0.4 is 4.90 Å². The van der Waals surface area contributed by atoms with Gasteiger partial charge in [-0.05, 0) is 75.3 Å². The van der Waals surface area contributed by atoms with Gasteiger partial charge in [0.15, 0.2) is 5.65 Å². The average Bonchev–Trinajstić information content (AvgIpc) is 3.10. The fraction of sp³-hybridized carbons (Fsp3) is 0.391. The second kappa shape index (κ2) is 7.32. The molecule has 2 aromatic heterocycles. The van der Waals surface area contributed by atoms with Crippen molar-refractivity contribution in [1.29, 1.82) is 5.26 Å². The van der Waals surface area contributed by atoms with E-state index >= 15 is 0 Å². The maximum Gasteiger partial charge on any atom is 0.227 e. The molecule has 0 fully saturated rings. The molecule has 0 bridgehead atoms. The number of rotatable bonds is 3. The monoisotopic (exact) mass is 387 g/mol. The third-order valence-electron chi connectivity index (χ3n) is 5.91. The van der Waals surface area contributed by atoms with Gasteiger partial charge < -0.3 is 4.90 Å². The van der Waals surface area contributed by atoms with Crippen LogP contribution in [0, 0.1) is 39.0 Å². The summed E-state index contributed by atoms with van der Waals surface area (Å²) in [6.45, 7) is 8.89. The molecule has 1 amide bonds. The van der Waals surface area contributed by atoms with Gasteiger partial charge in [-0.25, -0.2) is 9.50 Å². The van der Waals surface area contributed by atoms with E-state index in [4.69, 9.17) is 0 Å². The lowest BCUT2D eigenvalue weighted by atomic mass is 9.94. The quantitative estimate of drug-likeness (QED) is 0.686. The Bertz CT molecular complexity index is 1170. The number of benzene rings is 1. The maximum atomic E-state index is 13.1. The van der Waals surface area contributed by atoms with Crippen molar-refractivity contribution in [1.82, 2.24) is 14.6 Å². The van der Waals surface area contributed by atoms with Crippen molar-refractivity contribution in [2.45, 2.75) is 53.4 Å². The summed E-state index contributed by atoms with van der Waals surface area (Å²) >= 11 is 0. The highest BCUT2D eigenvalue weighted by atomic mass is 16.2. The Labute approximate surface area is 170 Å². The number of fused-ring (bicyclic) bond motifs is 2. The van der Waals surface area contributed by atoms with Crippen LogP contribution in [0.3, 0.4) is 0 Å². The second-order valence-corrected chi connectivity index (χ2v) is 7.90. The van der Waals surface area contributed by atoms with Gasteiger partial charge in [-0.15, -0.1) is 0 Å². The summed E-state index contributed by atoms with van der Waals surface area (Å²) in [5.74, 6) is 0.146. The first-order chi connectivity index (χ1) is 13.9. The van der Waals surface area contributed by atoms with Crippen LogP contribution in [0.2, 0.25) is 0 Å². The van der Waals surface area contributed by atoms with Crippen LogP contribution in [0.5, 0.6) is 0 Å². The summed E-state index contributed by atoms with van der Waals surface area (Å²) in [4.78, 5) is 19.7. The smallest absolute Gasteiger partial charge is 0.227 e. The number of nitriles is 1. The third kappa shape index (κ3) is 3.27. The number of carbonyl (C=O) groups is 1. The summed E-state index contributed by atoms with van der Waals surface area (Å²) in [6, 6.07) is 6.46. The first-order valence-electron chi connectivity index (χ1n) is 10.0. The van der Waals surface area contributed by atoms with Crippen LogP contribution in [0.4, 0.5) is 5.69 Å². The summed E-state index contributed by atoms with van der Waals surface area (Å²) in [6.07, 6.45) is 4.60. The minimum absolute atomic E-state index is 0.146. The van der Waals surface area contributed by atoms with Crippen LogP contribution in [-0.4, -0.2) is 27.0 Å². The molecule has 3 aromatic rings. The van der Waals surface area contributed by atoms with Gasteiger partial charge in [0.2, 0.25) is 5.91 Å². The van der Waals surface area contributed by atoms with E-state index in [1.54, 1.807) is 10.7 Å². The molecule has 1 aromatic carbocycles. The zero-order valence-electron chi connectivity index (χ0n) is 17.4. The van der Waals surface area contributed by atoms with E-state index in [-0.39, 0.29) is 5.91 Å². The number of carbonyl (C=O) groups excluding carboxylic acids is 1. The first kappa shape index (κ1) is 19.1. The number of anilines is 1. The Kier molecular flexibility index (Phi) is 4.83. The zero-order chi connectivity index (χ0) is 20.7. The van der Waals surface area contributed by atoms with Crippen LogP contribution in [0.1, 0.15) is 52.0 Å². The van der Waals surface area contributed by atoms with Gasteiger partial charge in [0.25, 0.3) is 0 Å². The van der Waals surface area contributed by atoms with Gasteiger partial charge in [-0.1, -0.05) is 6.07 Å². The predicted molar refractivity (Wildman–Crippen MR) is 112 cm³/mol. The molecular formula is C23H25N5O. The highest BCUT2D eigenvalue weighted by Gasteiger charge is 2.24. The zero-order valence-corrected chi connectivity index (χ0v) is 17.4. The summed E-state index contributed by atoms with van der Waals surface area (Å²) in [7, 11) is 0. The summed E-state index contributed by atoms with van der Waals surface area (Å²) in [5.41, 5.74) is 8.69. The second-order valence-electron chi connectivity index (χ2n) is 7.90. The molecule has 29 heavy (non-hydrogen) atoms.